The van der Waals surface area contributed by atoms with Crippen LogP contribution < -0.4 is 0 Å². The molecule has 0 aromatic rings. The fourth-order valence-electron chi connectivity index (χ4n) is 1.92. The Balaban J connectivity index is 1.81. The van der Waals surface area contributed by atoms with Gasteiger partial charge in [0.05, 0.1) is 0 Å². The smallest absolute Gasteiger partial charge is 0.182 e. The molecule has 2 fully saturated rings. The predicted octanol–water partition coefficient (Wildman–Crippen LogP) is 1.28. The molecule has 1 saturated carbocycles. The van der Waals surface area contributed by atoms with Gasteiger partial charge in [0.2, 0.25) is 0 Å². The van der Waals surface area contributed by atoms with Crippen molar-refractivity contribution in [2.75, 3.05) is 0 Å². The van der Waals surface area contributed by atoms with Crippen LogP contribution in [0, 0.1) is 5.92 Å². The van der Waals surface area contributed by atoms with Gasteiger partial charge in [0.15, 0.2) is 6.29 Å². The number of hydrogen-bond acceptors (Lipinski definition) is 2. The zero-order valence-electron chi connectivity index (χ0n) is 6.12. The molecule has 0 bridgehead atoms. The quantitative estimate of drug-likeness (QED) is 0.559. The van der Waals surface area contributed by atoms with Gasteiger partial charge in [-0.05, 0) is 18.8 Å². The normalized spacial score (nSPS) is 41.7. The molecule has 1 aliphatic carbocycles. The summed E-state index contributed by atoms with van der Waals surface area (Å²) in [6.45, 7) is 0. The molecule has 0 radical (unpaired) electrons. The van der Waals surface area contributed by atoms with Gasteiger partial charge in [0.25, 0.3) is 0 Å². The van der Waals surface area contributed by atoms with Gasteiger partial charge in [0.1, 0.15) is 6.10 Å². The molecule has 2 unspecified atom stereocenters. The zero-order chi connectivity index (χ0) is 6.97. The first-order chi connectivity index (χ1) is 4.88. The van der Waals surface area contributed by atoms with Gasteiger partial charge < -0.3 is 9.84 Å². The van der Waals surface area contributed by atoms with E-state index in [2.05, 4.69) is 0 Å². The van der Waals surface area contributed by atoms with E-state index in [-0.39, 0.29) is 6.10 Å². The maximum atomic E-state index is 8.96. The van der Waals surface area contributed by atoms with Crippen LogP contribution in [0.15, 0.2) is 0 Å². The Kier molecular flexibility index (Phi) is 1.66. The zero-order valence-corrected chi connectivity index (χ0v) is 6.12. The Bertz CT molecular complexity index is 118. The summed E-state index contributed by atoms with van der Waals surface area (Å²) in [6, 6.07) is 0. The largest absolute Gasteiger partial charge is 0.366 e. The summed E-state index contributed by atoms with van der Waals surface area (Å²) in [5.74, 6) is 0.670. The van der Waals surface area contributed by atoms with Gasteiger partial charge >= 0.3 is 0 Å². The van der Waals surface area contributed by atoms with Crippen LogP contribution in [0.25, 0.3) is 0 Å². The van der Waals surface area contributed by atoms with Crippen molar-refractivity contribution in [1.29, 1.82) is 0 Å². The van der Waals surface area contributed by atoms with E-state index >= 15 is 0 Å². The summed E-state index contributed by atoms with van der Waals surface area (Å²) >= 11 is 0. The Morgan fingerprint density at radius 2 is 1.70 bits per heavy atom. The molecule has 0 amide bonds. The lowest BCUT2D eigenvalue weighted by Gasteiger charge is -2.18. The number of aliphatic hydroxyl groups excluding tert-OH is 1. The lowest BCUT2D eigenvalue weighted by atomic mass is 9.87. The van der Waals surface area contributed by atoms with E-state index in [1.807, 2.05) is 0 Å². The van der Waals surface area contributed by atoms with Gasteiger partial charge in [0, 0.05) is 0 Å². The molecule has 0 spiro atoms. The van der Waals surface area contributed by atoms with Crippen molar-refractivity contribution in [2.45, 2.75) is 44.5 Å². The molecule has 58 valence electrons. The molecule has 0 aromatic carbocycles. The molecule has 2 heteroatoms. The highest BCUT2D eigenvalue weighted by Crippen LogP contribution is 2.36. The van der Waals surface area contributed by atoms with E-state index < -0.39 is 6.29 Å². The standard InChI is InChI=1S/C8H14O2/c9-8-7(10-8)6-4-2-1-3-5-6/h6-9H,1-5H2. The minimum atomic E-state index is -0.414. The highest BCUT2D eigenvalue weighted by molar-refractivity contribution is 4.84. The van der Waals surface area contributed by atoms with Crippen molar-refractivity contribution in [3.8, 4) is 0 Å². The van der Waals surface area contributed by atoms with Crippen molar-refractivity contribution >= 4 is 0 Å². The van der Waals surface area contributed by atoms with Gasteiger partial charge in [-0.1, -0.05) is 19.3 Å². The van der Waals surface area contributed by atoms with E-state index in [1.54, 1.807) is 0 Å². The molecule has 2 aliphatic rings. The fourth-order valence-corrected chi connectivity index (χ4v) is 1.92. The third kappa shape index (κ3) is 1.18. The second kappa shape index (κ2) is 2.51. The second-order valence-corrected chi connectivity index (χ2v) is 3.39. The number of epoxide rings is 1. The van der Waals surface area contributed by atoms with Crippen LogP contribution in [0.1, 0.15) is 32.1 Å². The molecular weight excluding hydrogens is 128 g/mol. The van der Waals surface area contributed by atoms with E-state index in [0.29, 0.717) is 5.92 Å². The van der Waals surface area contributed by atoms with Crippen LogP contribution in [0.4, 0.5) is 0 Å². The number of aliphatic hydroxyl groups is 1. The summed E-state index contributed by atoms with van der Waals surface area (Å²) in [6.07, 6.45) is 6.36. The van der Waals surface area contributed by atoms with Crippen molar-refractivity contribution in [1.82, 2.24) is 0 Å². The maximum Gasteiger partial charge on any atom is 0.182 e. The van der Waals surface area contributed by atoms with Crippen LogP contribution in [0.2, 0.25) is 0 Å². The van der Waals surface area contributed by atoms with Gasteiger partial charge in [-0.3, -0.25) is 0 Å². The molecule has 1 N–H and O–H groups in total. The van der Waals surface area contributed by atoms with Gasteiger partial charge in [-0.25, -0.2) is 0 Å². The van der Waals surface area contributed by atoms with Crippen molar-refractivity contribution in [3.05, 3.63) is 0 Å². The van der Waals surface area contributed by atoms with Crippen LogP contribution in [0.5, 0.6) is 0 Å². The minimum absolute atomic E-state index is 0.209. The molecule has 1 saturated heterocycles. The number of rotatable bonds is 1. The Labute approximate surface area is 61.2 Å². The topological polar surface area (TPSA) is 32.8 Å². The van der Waals surface area contributed by atoms with Gasteiger partial charge in [-0.15, -0.1) is 0 Å². The Morgan fingerprint density at radius 1 is 1.10 bits per heavy atom. The lowest BCUT2D eigenvalue weighted by molar-refractivity contribution is 0.155. The summed E-state index contributed by atoms with van der Waals surface area (Å²) in [4.78, 5) is 0. The highest BCUT2D eigenvalue weighted by atomic mass is 16.7. The Hall–Kier alpha value is -0.0800. The van der Waals surface area contributed by atoms with Crippen molar-refractivity contribution in [2.24, 2.45) is 5.92 Å². The third-order valence-electron chi connectivity index (χ3n) is 2.62. The number of hydrogen-bond donors (Lipinski definition) is 1. The summed E-state index contributed by atoms with van der Waals surface area (Å²) in [5.41, 5.74) is 0. The van der Waals surface area contributed by atoms with Crippen molar-refractivity contribution < 1.29 is 9.84 Å². The summed E-state index contributed by atoms with van der Waals surface area (Å²) < 4.78 is 5.01. The Morgan fingerprint density at radius 3 is 2.20 bits per heavy atom. The van der Waals surface area contributed by atoms with Gasteiger partial charge in [-0.2, -0.15) is 0 Å². The van der Waals surface area contributed by atoms with Crippen molar-refractivity contribution in [3.63, 3.8) is 0 Å². The molecule has 1 heterocycles. The van der Waals surface area contributed by atoms with Crippen LogP contribution >= 0.6 is 0 Å². The van der Waals surface area contributed by atoms with Crippen LogP contribution in [-0.2, 0) is 4.74 Å². The molecule has 0 aromatic heterocycles. The first-order valence-corrected chi connectivity index (χ1v) is 4.21. The monoisotopic (exact) mass is 142 g/mol. The van der Waals surface area contributed by atoms with Crippen LogP contribution in [-0.4, -0.2) is 17.5 Å². The molecule has 10 heavy (non-hydrogen) atoms. The lowest BCUT2D eigenvalue weighted by Crippen LogP contribution is -2.14. The summed E-state index contributed by atoms with van der Waals surface area (Å²) in [7, 11) is 0. The van der Waals surface area contributed by atoms with E-state index in [1.165, 1.54) is 32.1 Å². The average Bonchev–Trinajstić information content (AvgIpc) is 2.69. The summed E-state index contributed by atoms with van der Waals surface area (Å²) in [5, 5.41) is 8.96. The third-order valence-corrected chi connectivity index (χ3v) is 2.62. The second-order valence-electron chi connectivity index (χ2n) is 3.39. The minimum Gasteiger partial charge on any atom is -0.366 e. The SMILES string of the molecule is OC1OC1C1CCCCC1. The molecular formula is C8H14O2. The predicted molar refractivity (Wildman–Crippen MR) is 37.5 cm³/mol. The maximum absolute atomic E-state index is 8.96. The average molecular weight is 142 g/mol. The highest BCUT2D eigenvalue weighted by Gasteiger charge is 2.43. The molecule has 2 rings (SSSR count). The fraction of sp³-hybridized carbons (Fsp3) is 1.00. The first-order valence-electron chi connectivity index (χ1n) is 4.21. The number of ether oxygens (including phenoxy) is 1. The first kappa shape index (κ1) is 6.62. The molecule has 2 nitrogen and oxygen atoms in total. The van der Waals surface area contributed by atoms with E-state index in [0.717, 1.165) is 0 Å². The van der Waals surface area contributed by atoms with E-state index in [9.17, 15) is 0 Å². The van der Waals surface area contributed by atoms with E-state index in [4.69, 9.17) is 9.84 Å². The van der Waals surface area contributed by atoms with Crippen LogP contribution in [0.3, 0.4) is 0 Å². The molecule has 1 aliphatic heterocycles. The molecule has 2 atom stereocenters.